The maximum Gasteiger partial charge on any atom is 0.134 e. The van der Waals surface area contributed by atoms with Gasteiger partial charge in [0.25, 0.3) is 0 Å². The molecule has 0 amide bonds. The number of nitrogens with one attached hydrogen (secondary N) is 1. The van der Waals surface area contributed by atoms with Crippen LogP contribution in [0.2, 0.25) is 0 Å². The van der Waals surface area contributed by atoms with E-state index in [1.54, 1.807) is 7.11 Å². The summed E-state index contributed by atoms with van der Waals surface area (Å²) < 4.78 is 11.3. The van der Waals surface area contributed by atoms with Crippen molar-refractivity contribution in [3.05, 3.63) is 29.8 Å². The average Bonchev–Trinajstić information content (AvgIpc) is 3.20. The fourth-order valence-electron chi connectivity index (χ4n) is 2.13. The Kier molecular flexibility index (Phi) is 5.06. The molecule has 20 heavy (non-hydrogen) atoms. The summed E-state index contributed by atoms with van der Waals surface area (Å²) in [6, 6.07) is 9.07. The van der Waals surface area contributed by atoms with E-state index in [-0.39, 0.29) is 11.5 Å². The quantitative estimate of drug-likeness (QED) is 0.830. The van der Waals surface area contributed by atoms with Gasteiger partial charge in [0.2, 0.25) is 0 Å². The fraction of sp³-hybridized carbons (Fsp3) is 0.647. The summed E-state index contributed by atoms with van der Waals surface area (Å²) in [4.78, 5) is 0. The molecular formula is C17H27NO2. The van der Waals surface area contributed by atoms with Crippen molar-refractivity contribution in [2.24, 2.45) is 0 Å². The minimum Gasteiger partial charge on any atom is -0.487 e. The Morgan fingerprint density at radius 3 is 2.65 bits per heavy atom. The van der Waals surface area contributed by atoms with Gasteiger partial charge in [-0.1, -0.05) is 32.9 Å². The van der Waals surface area contributed by atoms with Crippen LogP contribution in [-0.4, -0.2) is 32.4 Å². The van der Waals surface area contributed by atoms with Gasteiger partial charge in [0.15, 0.2) is 0 Å². The summed E-state index contributed by atoms with van der Waals surface area (Å²) in [5.41, 5.74) is 1.43. The Hall–Kier alpha value is -1.06. The molecule has 0 spiro atoms. The summed E-state index contributed by atoms with van der Waals surface area (Å²) in [6.45, 7) is 8.10. The molecule has 3 heteroatoms. The highest BCUT2D eigenvalue weighted by Crippen LogP contribution is 2.26. The van der Waals surface area contributed by atoms with E-state index in [1.807, 2.05) is 6.07 Å². The molecule has 1 aliphatic carbocycles. The molecular weight excluding hydrogens is 250 g/mol. The van der Waals surface area contributed by atoms with Crippen LogP contribution in [0.15, 0.2) is 24.3 Å². The van der Waals surface area contributed by atoms with Crippen molar-refractivity contribution in [2.75, 3.05) is 20.3 Å². The highest BCUT2D eigenvalue weighted by atomic mass is 16.5. The van der Waals surface area contributed by atoms with Crippen LogP contribution in [0.1, 0.15) is 39.2 Å². The summed E-state index contributed by atoms with van der Waals surface area (Å²) in [5.74, 6) is 0.928. The van der Waals surface area contributed by atoms with E-state index in [4.69, 9.17) is 9.47 Å². The lowest BCUT2D eigenvalue weighted by atomic mass is 9.87. The second-order valence-corrected chi connectivity index (χ2v) is 6.66. The van der Waals surface area contributed by atoms with Crippen molar-refractivity contribution < 1.29 is 9.47 Å². The molecule has 2 rings (SSSR count). The van der Waals surface area contributed by atoms with Gasteiger partial charge in [-0.05, 0) is 36.0 Å². The molecule has 0 bridgehead atoms. The number of hydrogen-bond acceptors (Lipinski definition) is 3. The molecule has 1 aromatic rings. The average molecular weight is 277 g/mol. The van der Waals surface area contributed by atoms with Crippen molar-refractivity contribution in [3.63, 3.8) is 0 Å². The minimum atomic E-state index is 0.0656. The van der Waals surface area contributed by atoms with Crippen LogP contribution in [-0.2, 0) is 10.2 Å². The lowest BCUT2D eigenvalue weighted by Gasteiger charge is -2.22. The lowest BCUT2D eigenvalue weighted by molar-refractivity contribution is 0.0803. The molecule has 3 nitrogen and oxygen atoms in total. The summed E-state index contributed by atoms with van der Waals surface area (Å²) in [7, 11) is 1.72. The molecule has 112 valence electrons. The zero-order valence-electron chi connectivity index (χ0n) is 13.1. The third-order valence-corrected chi connectivity index (χ3v) is 3.57. The molecule has 1 unspecified atom stereocenters. The Balaban J connectivity index is 1.97. The number of hydrogen-bond donors (Lipinski definition) is 1. The molecule has 1 fully saturated rings. The summed E-state index contributed by atoms with van der Waals surface area (Å²) in [5, 5.41) is 3.50. The number of methoxy groups -OCH3 is 1. The van der Waals surface area contributed by atoms with Crippen LogP contribution in [0.3, 0.4) is 0 Å². The normalized spacial score (nSPS) is 17.0. The first-order chi connectivity index (χ1) is 9.49. The van der Waals surface area contributed by atoms with Gasteiger partial charge in [0.05, 0.1) is 6.61 Å². The van der Waals surface area contributed by atoms with Gasteiger partial charge in [-0.3, -0.25) is 0 Å². The standard InChI is InChI=1S/C17H27NO2/c1-17(2,3)13-6-5-7-15(10-13)20-16(12-19-4)11-18-14-8-9-14/h5-7,10,14,16,18H,8-9,11-12H2,1-4H3. The topological polar surface area (TPSA) is 30.5 Å². The van der Waals surface area contributed by atoms with E-state index in [2.05, 4.69) is 44.3 Å². The first-order valence-electron chi connectivity index (χ1n) is 7.48. The number of benzene rings is 1. The first kappa shape index (κ1) is 15.3. The van der Waals surface area contributed by atoms with Crippen molar-refractivity contribution in [1.29, 1.82) is 0 Å². The van der Waals surface area contributed by atoms with E-state index < -0.39 is 0 Å². The third-order valence-electron chi connectivity index (χ3n) is 3.57. The molecule has 0 aromatic heterocycles. The van der Waals surface area contributed by atoms with Crippen molar-refractivity contribution >= 4 is 0 Å². The number of ether oxygens (including phenoxy) is 2. The van der Waals surface area contributed by atoms with Gasteiger partial charge in [0, 0.05) is 19.7 Å². The highest BCUT2D eigenvalue weighted by Gasteiger charge is 2.22. The second kappa shape index (κ2) is 6.59. The maximum absolute atomic E-state index is 6.08. The SMILES string of the molecule is COCC(CNC1CC1)Oc1cccc(C(C)(C)C)c1. The third kappa shape index (κ3) is 4.80. The predicted octanol–water partition coefficient (Wildman–Crippen LogP) is 3.13. The van der Waals surface area contributed by atoms with Gasteiger partial charge in [-0.25, -0.2) is 0 Å². The van der Waals surface area contributed by atoms with Crippen molar-refractivity contribution in [3.8, 4) is 5.75 Å². The monoisotopic (exact) mass is 277 g/mol. The highest BCUT2D eigenvalue weighted by molar-refractivity contribution is 5.32. The van der Waals surface area contributed by atoms with Crippen molar-refractivity contribution in [1.82, 2.24) is 5.32 Å². The smallest absolute Gasteiger partial charge is 0.134 e. The Bertz CT molecular complexity index is 421. The molecule has 1 aromatic carbocycles. The zero-order chi connectivity index (χ0) is 14.6. The molecule has 0 saturated heterocycles. The zero-order valence-corrected chi connectivity index (χ0v) is 13.1. The molecule has 1 N–H and O–H groups in total. The van der Waals surface area contributed by atoms with Crippen LogP contribution < -0.4 is 10.1 Å². The van der Waals surface area contributed by atoms with Crippen LogP contribution in [0, 0.1) is 0 Å². The maximum atomic E-state index is 6.08. The predicted molar refractivity (Wildman–Crippen MR) is 82.5 cm³/mol. The van der Waals surface area contributed by atoms with E-state index >= 15 is 0 Å². The van der Waals surface area contributed by atoms with Crippen LogP contribution in [0.5, 0.6) is 5.75 Å². The van der Waals surface area contributed by atoms with Gasteiger partial charge >= 0.3 is 0 Å². The minimum absolute atomic E-state index is 0.0656. The second-order valence-electron chi connectivity index (χ2n) is 6.66. The molecule has 0 heterocycles. The first-order valence-corrected chi connectivity index (χ1v) is 7.48. The van der Waals surface area contributed by atoms with Crippen LogP contribution in [0.25, 0.3) is 0 Å². The van der Waals surface area contributed by atoms with Gasteiger partial charge in [-0.2, -0.15) is 0 Å². The molecule has 1 saturated carbocycles. The van der Waals surface area contributed by atoms with Crippen molar-refractivity contribution in [2.45, 2.75) is 51.2 Å². The molecule has 1 aliphatic rings. The summed E-state index contributed by atoms with van der Waals surface area (Å²) >= 11 is 0. The van der Waals surface area contributed by atoms with E-state index in [1.165, 1.54) is 18.4 Å². The van der Waals surface area contributed by atoms with Gasteiger partial charge < -0.3 is 14.8 Å². The van der Waals surface area contributed by atoms with E-state index in [0.717, 1.165) is 12.3 Å². The van der Waals surface area contributed by atoms with Crippen LogP contribution in [0.4, 0.5) is 0 Å². The van der Waals surface area contributed by atoms with E-state index in [9.17, 15) is 0 Å². The van der Waals surface area contributed by atoms with E-state index in [0.29, 0.717) is 12.6 Å². The molecule has 0 aliphatic heterocycles. The number of rotatable bonds is 7. The molecule has 1 atom stereocenters. The largest absolute Gasteiger partial charge is 0.487 e. The fourth-order valence-corrected chi connectivity index (χ4v) is 2.13. The molecule has 0 radical (unpaired) electrons. The Morgan fingerprint density at radius 1 is 1.30 bits per heavy atom. The van der Waals surface area contributed by atoms with Gasteiger partial charge in [0.1, 0.15) is 11.9 Å². The summed E-state index contributed by atoms with van der Waals surface area (Å²) in [6.07, 6.45) is 2.65. The van der Waals surface area contributed by atoms with Crippen LogP contribution >= 0.6 is 0 Å². The Labute approximate surface area is 122 Å². The lowest BCUT2D eigenvalue weighted by Crippen LogP contribution is -2.36. The Morgan fingerprint density at radius 2 is 2.05 bits per heavy atom. The van der Waals surface area contributed by atoms with Gasteiger partial charge in [-0.15, -0.1) is 0 Å².